The van der Waals surface area contributed by atoms with E-state index >= 15 is 0 Å². The van der Waals surface area contributed by atoms with E-state index in [1.165, 1.54) is 5.56 Å². The molecule has 1 saturated heterocycles. The minimum Gasteiger partial charge on any atom is -0.403 e. The number of anilines is 1. The second kappa shape index (κ2) is 7.49. The van der Waals surface area contributed by atoms with Crippen LogP contribution in [-0.4, -0.2) is 34.1 Å². The van der Waals surface area contributed by atoms with Crippen LogP contribution in [0.4, 0.5) is 6.01 Å². The molecule has 1 aliphatic heterocycles. The number of carbonyl (C=O) groups excluding carboxylic acids is 1. The van der Waals surface area contributed by atoms with Crippen molar-refractivity contribution in [3.8, 4) is 11.5 Å². The molecular formula is C20H20N4O2. The van der Waals surface area contributed by atoms with Gasteiger partial charge < -0.3 is 4.42 Å². The second-order valence-electron chi connectivity index (χ2n) is 6.37. The highest BCUT2D eigenvalue weighted by atomic mass is 16.4. The maximum atomic E-state index is 12.4. The summed E-state index contributed by atoms with van der Waals surface area (Å²) in [5, 5.41) is 10.6. The normalized spacial score (nSPS) is 17.3. The summed E-state index contributed by atoms with van der Waals surface area (Å²) in [5.74, 6) is 0.250. The number of nitrogens with zero attached hydrogens (tertiary/aromatic N) is 3. The largest absolute Gasteiger partial charge is 0.403 e. The fourth-order valence-electron chi connectivity index (χ4n) is 3.38. The Morgan fingerprint density at radius 1 is 1.08 bits per heavy atom. The van der Waals surface area contributed by atoms with Gasteiger partial charge in [0.2, 0.25) is 11.8 Å². The quantitative estimate of drug-likeness (QED) is 0.764. The van der Waals surface area contributed by atoms with Crippen LogP contribution in [-0.2, 0) is 4.79 Å². The van der Waals surface area contributed by atoms with Crippen molar-refractivity contribution in [1.29, 1.82) is 0 Å². The molecule has 6 nitrogen and oxygen atoms in total. The van der Waals surface area contributed by atoms with Crippen molar-refractivity contribution in [2.45, 2.75) is 18.9 Å². The summed E-state index contributed by atoms with van der Waals surface area (Å²) in [6, 6.07) is 20.2. The van der Waals surface area contributed by atoms with Gasteiger partial charge in [0, 0.05) is 11.6 Å². The number of hydrogen-bond donors (Lipinski definition) is 1. The maximum absolute atomic E-state index is 12.4. The summed E-state index contributed by atoms with van der Waals surface area (Å²) in [5.41, 5.74) is 2.08. The summed E-state index contributed by atoms with van der Waals surface area (Å²) >= 11 is 0. The Kier molecular flexibility index (Phi) is 4.75. The van der Waals surface area contributed by atoms with Crippen LogP contribution in [0.2, 0.25) is 0 Å². The van der Waals surface area contributed by atoms with E-state index in [2.05, 4.69) is 32.5 Å². The molecule has 1 N–H and O–H groups in total. The molecule has 6 heteroatoms. The Bertz CT molecular complexity index is 864. The fraction of sp³-hybridized carbons (Fsp3) is 0.250. The van der Waals surface area contributed by atoms with Gasteiger partial charge in [-0.05, 0) is 37.1 Å². The highest BCUT2D eigenvalue weighted by Gasteiger charge is 2.27. The third-order valence-corrected chi connectivity index (χ3v) is 4.59. The number of hydrogen-bond acceptors (Lipinski definition) is 5. The van der Waals surface area contributed by atoms with E-state index in [9.17, 15) is 4.79 Å². The Balaban J connectivity index is 1.39. The third-order valence-electron chi connectivity index (χ3n) is 4.59. The molecule has 0 aliphatic carbocycles. The molecule has 3 aromatic rings. The summed E-state index contributed by atoms with van der Waals surface area (Å²) < 4.78 is 5.54. The summed E-state index contributed by atoms with van der Waals surface area (Å²) in [7, 11) is 0. The number of benzene rings is 2. The van der Waals surface area contributed by atoms with Crippen molar-refractivity contribution in [2.24, 2.45) is 0 Å². The summed E-state index contributed by atoms with van der Waals surface area (Å²) in [6.07, 6.45) is 2.15. The Morgan fingerprint density at radius 3 is 2.58 bits per heavy atom. The first-order valence-corrected chi connectivity index (χ1v) is 8.77. The topological polar surface area (TPSA) is 71.3 Å². The number of nitrogens with one attached hydrogen (secondary N) is 1. The van der Waals surface area contributed by atoms with E-state index in [-0.39, 0.29) is 18.0 Å². The number of amides is 1. The predicted molar refractivity (Wildman–Crippen MR) is 98.4 cm³/mol. The van der Waals surface area contributed by atoms with Crippen LogP contribution >= 0.6 is 0 Å². The van der Waals surface area contributed by atoms with Crippen LogP contribution < -0.4 is 5.32 Å². The zero-order valence-corrected chi connectivity index (χ0v) is 14.3. The highest BCUT2D eigenvalue weighted by Crippen LogP contribution is 2.31. The Morgan fingerprint density at radius 2 is 1.81 bits per heavy atom. The molecule has 0 saturated carbocycles. The van der Waals surface area contributed by atoms with Crippen LogP contribution in [0, 0.1) is 0 Å². The lowest BCUT2D eigenvalue weighted by Gasteiger charge is -2.23. The standard InChI is InChI=1S/C20H20N4O2/c25-18(14-24-13-7-12-17(24)15-8-3-1-4-9-15)21-20-23-22-19(26-20)16-10-5-2-6-11-16/h1-6,8-11,17H,7,12-14H2,(H,21,23,25). The highest BCUT2D eigenvalue weighted by molar-refractivity contribution is 5.90. The molecule has 1 unspecified atom stereocenters. The monoisotopic (exact) mass is 348 g/mol. The molecular weight excluding hydrogens is 328 g/mol. The molecule has 0 spiro atoms. The zero-order valence-electron chi connectivity index (χ0n) is 14.3. The molecule has 1 aromatic heterocycles. The van der Waals surface area contributed by atoms with Gasteiger partial charge >= 0.3 is 6.01 Å². The number of carbonyl (C=O) groups is 1. The van der Waals surface area contributed by atoms with Crippen molar-refractivity contribution in [3.63, 3.8) is 0 Å². The molecule has 2 aromatic carbocycles. The lowest BCUT2D eigenvalue weighted by molar-refractivity contribution is -0.117. The van der Waals surface area contributed by atoms with Crippen LogP contribution in [0.3, 0.4) is 0 Å². The van der Waals surface area contributed by atoms with Crippen LogP contribution in [0.15, 0.2) is 65.1 Å². The maximum Gasteiger partial charge on any atom is 0.322 e. The second-order valence-corrected chi connectivity index (χ2v) is 6.37. The van der Waals surface area contributed by atoms with Crippen molar-refractivity contribution >= 4 is 11.9 Å². The van der Waals surface area contributed by atoms with Gasteiger partial charge in [-0.1, -0.05) is 53.6 Å². The lowest BCUT2D eigenvalue weighted by atomic mass is 10.0. The van der Waals surface area contributed by atoms with Crippen LogP contribution in [0.1, 0.15) is 24.4 Å². The molecule has 0 bridgehead atoms. The SMILES string of the molecule is O=C(CN1CCCC1c1ccccc1)Nc1nnc(-c2ccccc2)o1. The van der Waals surface area contributed by atoms with E-state index < -0.39 is 0 Å². The van der Waals surface area contributed by atoms with Gasteiger partial charge in [0.1, 0.15) is 0 Å². The van der Waals surface area contributed by atoms with Gasteiger partial charge in [-0.25, -0.2) is 0 Å². The zero-order chi connectivity index (χ0) is 17.8. The first-order chi connectivity index (χ1) is 12.8. The van der Waals surface area contributed by atoms with Crippen LogP contribution in [0.5, 0.6) is 0 Å². The van der Waals surface area contributed by atoms with Crippen molar-refractivity contribution in [3.05, 3.63) is 66.2 Å². The van der Waals surface area contributed by atoms with Crippen molar-refractivity contribution in [1.82, 2.24) is 15.1 Å². The smallest absolute Gasteiger partial charge is 0.322 e. The van der Waals surface area contributed by atoms with E-state index in [1.807, 2.05) is 48.5 Å². The minimum atomic E-state index is -0.143. The van der Waals surface area contributed by atoms with Gasteiger partial charge in [-0.2, -0.15) is 0 Å². The number of likely N-dealkylation sites (tertiary alicyclic amines) is 1. The Labute approximate surface area is 151 Å². The van der Waals surface area contributed by atoms with Crippen molar-refractivity contribution < 1.29 is 9.21 Å². The average molecular weight is 348 g/mol. The van der Waals surface area contributed by atoms with Crippen molar-refractivity contribution in [2.75, 3.05) is 18.4 Å². The Hall–Kier alpha value is -2.99. The first-order valence-electron chi connectivity index (χ1n) is 8.77. The molecule has 2 heterocycles. The molecule has 0 radical (unpaired) electrons. The van der Waals surface area contributed by atoms with Gasteiger partial charge in [0.25, 0.3) is 0 Å². The molecule has 1 amide bonds. The van der Waals surface area contributed by atoms with Gasteiger partial charge in [-0.3, -0.25) is 15.0 Å². The molecule has 1 atom stereocenters. The molecule has 1 fully saturated rings. The lowest BCUT2D eigenvalue weighted by Crippen LogP contribution is -2.33. The minimum absolute atomic E-state index is 0.129. The molecule has 1 aliphatic rings. The number of aromatic nitrogens is 2. The molecule has 26 heavy (non-hydrogen) atoms. The number of rotatable bonds is 5. The first kappa shape index (κ1) is 16.5. The van der Waals surface area contributed by atoms with Gasteiger partial charge in [0.15, 0.2) is 0 Å². The summed E-state index contributed by atoms with van der Waals surface area (Å²) in [6.45, 7) is 1.22. The molecule has 4 rings (SSSR count). The predicted octanol–water partition coefficient (Wildman–Crippen LogP) is 3.51. The van der Waals surface area contributed by atoms with E-state index in [0.717, 1.165) is 24.9 Å². The van der Waals surface area contributed by atoms with E-state index in [1.54, 1.807) is 0 Å². The third kappa shape index (κ3) is 3.65. The summed E-state index contributed by atoms with van der Waals surface area (Å²) in [4.78, 5) is 14.6. The van der Waals surface area contributed by atoms with E-state index in [4.69, 9.17) is 4.42 Å². The van der Waals surface area contributed by atoms with Gasteiger partial charge in [-0.15, -0.1) is 5.10 Å². The van der Waals surface area contributed by atoms with E-state index in [0.29, 0.717) is 12.4 Å². The van der Waals surface area contributed by atoms with Gasteiger partial charge in [0.05, 0.1) is 6.54 Å². The van der Waals surface area contributed by atoms with Crippen LogP contribution in [0.25, 0.3) is 11.5 Å². The fourth-order valence-corrected chi connectivity index (χ4v) is 3.38. The molecule has 132 valence electrons. The average Bonchev–Trinajstić information content (AvgIpc) is 3.33.